The van der Waals surface area contributed by atoms with E-state index in [4.69, 9.17) is 22.1 Å². The van der Waals surface area contributed by atoms with Crippen LogP contribution in [0.15, 0.2) is 42.5 Å². The van der Waals surface area contributed by atoms with E-state index < -0.39 is 0 Å². The van der Waals surface area contributed by atoms with Gasteiger partial charge in [-0.3, -0.25) is 0 Å². The van der Waals surface area contributed by atoms with E-state index in [-0.39, 0.29) is 12.1 Å². The van der Waals surface area contributed by atoms with Crippen LogP contribution >= 0.6 is 11.6 Å². The van der Waals surface area contributed by atoms with Gasteiger partial charge in [-0.05, 0) is 67.3 Å². The van der Waals surface area contributed by atoms with Crippen molar-refractivity contribution < 1.29 is 4.74 Å². The van der Waals surface area contributed by atoms with Gasteiger partial charge in [0.15, 0.2) is 0 Å². The number of hydrogen-bond donors (Lipinski definition) is 1. The van der Waals surface area contributed by atoms with Crippen LogP contribution in [0.3, 0.4) is 0 Å². The van der Waals surface area contributed by atoms with Crippen LogP contribution in [-0.2, 0) is 6.42 Å². The van der Waals surface area contributed by atoms with Crippen LogP contribution in [0.5, 0.6) is 5.75 Å². The Morgan fingerprint density at radius 3 is 2.75 bits per heavy atom. The van der Waals surface area contributed by atoms with Gasteiger partial charge in [-0.25, -0.2) is 0 Å². The lowest BCUT2D eigenvalue weighted by Crippen LogP contribution is -2.33. The molecular formula is C24H27ClN2O. The molecule has 2 N–H and O–H groups in total. The molecule has 0 heterocycles. The lowest BCUT2D eigenvalue weighted by molar-refractivity contribution is 0.0706. The SMILES string of the molecule is N#Cc1cc(Cl)ccc1OC1c2ccccc2CCC1C1CCCCC(N)C1. The predicted octanol–water partition coefficient (Wildman–Crippen LogP) is 5.80. The summed E-state index contributed by atoms with van der Waals surface area (Å²) in [6, 6.07) is 16.4. The Hall–Kier alpha value is -2.02. The topological polar surface area (TPSA) is 59.0 Å². The predicted molar refractivity (Wildman–Crippen MR) is 112 cm³/mol. The quantitative estimate of drug-likeness (QED) is 0.669. The lowest BCUT2D eigenvalue weighted by Gasteiger charge is -2.39. The van der Waals surface area contributed by atoms with Crippen molar-refractivity contribution in [3.05, 3.63) is 64.2 Å². The van der Waals surface area contributed by atoms with Gasteiger partial charge in [0.1, 0.15) is 17.9 Å². The number of rotatable bonds is 3. The van der Waals surface area contributed by atoms with Crippen LogP contribution in [0.25, 0.3) is 0 Å². The Morgan fingerprint density at radius 2 is 1.89 bits per heavy atom. The van der Waals surface area contributed by atoms with Gasteiger partial charge in [0.2, 0.25) is 0 Å². The van der Waals surface area contributed by atoms with E-state index in [1.807, 2.05) is 6.07 Å². The average molecular weight is 395 g/mol. The zero-order valence-corrected chi connectivity index (χ0v) is 16.9. The molecule has 0 spiro atoms. The van der Waals surface area contributed by atoms with Crippen molar-refractivity contribution in [1.29, 1.82) is 5.26 Å². The van der Waals surface area contributed by atoms with Gasteiger partial charge in [-0.15, -0.1) is 0 Å². The highest BCUT2D eigenvalue weighted by molar-refractivity contribution is 6.30. The summed E-state index contributed by atoms with van der Waals surface area (Å²) in [5.41, 5.74) is 9.50. The largest absolute Gasteiger partial charge is 0.484 e. The van der Waals surface area contributed by atoms with E-state index in [1.54, 1.807) is 12.1 Å². The van der Waals surface area contributed by atoms with Gasteiger partial charge < -0.3 is 10.5 Å². The number of fused-ring (bicyclic) bond motifs is 1. The third-order valence-electron chi connectivity index (χ3n) is 6.42. The first kappa shape index (κ1) is 19.3. The first-order valence-corrected chi connectivity index (χ1v) is 10.7. The summed E-state index contributed by atoms with van der Waals surface area (Å²) in [5.74, 6) is 1.60. The summed E-state index contributed by atoms with van der Waals surface area (Å²) in [5, 5.41) is 10.1. The Bertz CT molecular complexity index is 875. The number of halogens is 1. The zero-order chi connectivity index (χ0) is 19.5. The monoisotopic (exact) mass is 394 g/mol. The van der Waals surface area contributed by atoms with E-state index in [0.717, 1.165) is 25.7 Å². The van der Waals surface area contributed by atoms with E-state index >= 15 is 0 Å². The van der Waals surface area contributed by atoms with E-state index in [1.165, 1.54) is 30.4 Å². The summed E-state index contributed by atoms with van der Waals surface area (Å²) < 4.78 is 6.58. The highest BCUT2D eigenvalue weighted by atomic mass is 35.5. The minimum atomic E-state index is -0.0477. The first-order chi connectivity index (χ1) is 13.7. The Labute approximate surface area is 172 Å². The van der Waals surface area contributed by atoms with Crippen LogP contribution in [0.1, 0.15) is 61.3 Å². The van der Waals surface area contributed by atoms with Gasteiger partial charge in [-0.2, -0.15) is 5.26 Å². The average Bonchev–Trinajstić information content (AvgIpc) is 2.93. The second-order valence-corrected chi connectivity index (χ2v) is 8.67. The van der Waals surface area contributed by atoms with Crippen LogP contribution in [0.4, 0.5) is 0 Å². The summed E-state index contributed by atoms with van der Waals surface area (Å²) >= 11 is 6.08. The molecule has 4 heteroatoms. The van der Waals surface area contributed by atoms with Crippen LogP contribution in [-0.4, -0.2) is 6.04 Å². The zero-order valence-electron chi connectivity index (χ0n) is 16.1. The van der Waals surface area contributed by atoms with Gasteiger partial charge >= 0.3 is 0 Å². The molecule has 0 amide bonds. The number of benzene rings is 2. The molecular weight excluding hydrogens is 368 g/mol. The molecule has 2 aromatic carbocycles. The van der Waals surface area contributed by atoms with Crippen molar-refractivity contribution in [1.82, 2.24) is 0 Å². The highest BCUT2D eigenvalue weighted by Gasteiger charge is 2.37. The fourth-order valence-corrected chi connectivity index (χ4v) is 5.21. The van der Waals surface area contributed by atoms with Crippen LogP contribution < -0.4 is 10.5 Å². The van der Waals surface area contributed by atoms with Crippen molar-refractivity contribution >= 4 is 11.6 Å². The molecule has 146 valence electrons. The molecule has 4 unspecified atom stereocenters. The summed E-state index contributed by atoms with van der Waals surface area (Å²) in [6.07, 6.45) is 8.02. The number of aryl methyl sites for hydroxylation is 1. The van der Waals surface area contributed by atoms with Crippen LogP contribution in [0.2, 0.25) is 5.02 Å². The maximum atomic E-state index is 9.55. The van der Waals surface area contributed by atoms with Gasteiger partial charge in [0.05, 0.1) is 5.56 Å². The van der Waals surface area contributed by atoms with Crippen molar-refractivity contribution in [3.8, 4) is 11.8 Å². The molecule has 0 aliphatic heterocycles. The molecule has 2 aromatic rings. The van der Waals surface area contributed by atoms with Crippen molar-refractivity contribution in [2.75, 3.05) is 0 Å². The van der Waals surface area contributed by atoms with Crippen LogP contribution in [0, 0.1) is 23.2 Å². The minimum Gasteiger partial charge on any atom is -0.484 e. The normalized spacial score (nSPS) is 27.3. The summed E-state index contributed by atoms with van der Waals surface area (Å²) in [4.78, 5) is 0. The maximum absolute atomic E-state index is 9.55. The fraction of sp³-hybridized carbons (Fsp3) is 0.458. The second kappa shape index (κ2) is 8.55. The number of nitriles is 1. The molecule has 0 bridgehead atoms. The smallest absolute Gasteiger partial charge is 0.138 e. The molecule has 0 aromatic heterocycles. The molecule has 3 nitrogen and oxygen atoms in total. The van der Waals surface area contributed by atoms with Gasteiger partial charge in [-0.1, -0.05) is 48.7 Å². The van der Waals surface area contributed by atoms with Gasteiger partial charge in [0, 0.05) is 17.0 Å². The molecule has 0 saturated heterocycles. The molecule has 1 saturated carbocycles. The molecule has 0 radical (unpaired) electrons. The third kappa shape index (κ3) is 4.04. The Morgan fingerprint density at radius 1 is 1.07 bits per heavy atom. The molecule has 1 fully saturated rings. The van der Waals surface area contributed by atoms with E-state index in [0.29, 0.717) is 28.2 Å². The van der Waals surface area contributed by atoms with Crippen molar-refractivity contribution in [2.24, 2.45) is 17.6 Å². The fourth-order valence-electron chi connectivity index (χ4n) is 5.03. The Balaban J connectivity index is 1.69. The van der Waals surface area contributed by atoms with E-state index in [2.05, 4.69) is 30.3 Å². The molecule has 4 rings (SSSR count). The highest BCUT2D eigenvalue weighted by Crippen LogP contribution is 2.45. The standard InChI is InChI=1S/C24H27ClN2O/c25-19-10-12-23(18(13-19)15-26)28-24-21-8-4-2-5-16(21)9-11-22(24)17-6-1-3-7-20(27)14-17/h2,4-5,8,10,12-13,17,20,22,24H,1,3,6-7,9,11,14,27H2. The van der Waals surface area contributed by atoms with Gasteiger partial charge in [0.25, 0.3) is 0 Å². The Kier molecular flexibility index (Phi) is 5.90. The summed E-state index contributed by atoms with van der Waals surface area (Å²) in [7, 11) is 0. The maximum Gasteiger partial charge on any atom is 0.138 e. The first-order valence-electron chi connectivity index (χ1n) is 10.4. The number of hydrogen-bond acceptors (Lipinski definition) is 3. The molecule has 4 atom stereocenters. The second-order valence-electron chi connectivity index (χ2n) is 8.23. The van der Waals surface area contributed by atoms with Crippen molar-refractivity contribution in [3.63, 3.8) is 0 Å². The number of nitrogens with two attached hydrogens (primary N) is 1. The van der Waals surface area contributed by atoms with Crippen molar-refractivity contribution in [2.45, 2.75) is 57.1 Å². The molecule has 28 heavy (non-hydrogen) atoms. The summed E-state index contributed by atoms with van der Waals surface area (Å²) in [6.45, 7) is 0. The third-order valence-corrected chi connectivity index (χ3v) is 6.66. The molecule has 2 aliphatic rings. The minimum absolute atomic E-state index is 0.0477. The van der Waals surface area contributed by atoms with E-state index in [9.17, 15) is 5.26 Å². The number of ether oxygens (including phenoxy) is 1. The lowest BCUT2D eigenvalue weighted by atomic mass is 9.72. The molecule has 2 aliphatic carbocycles. The number of nitrogens with zero attached hydrogens (tertiary/aromatic N) is 1.